The standard InChI is InChI=1S/C17H26N2O2/c1-4-17(2,12-18)16(20)19-11-5-6-15(19)13-7-9-14(21-3)10-8-13/h7-10,15H,4-6,11-12,18H2,1-3H3. The van der Waals surface area contributed by atoms with Crippen LogP contribution in [-0.2, 0) is 4.79 Å². The number of carbonyl (C=O) groups excluding carboxylic acids is 1. The number of rotatable bonds is 5. The van der Waals surface area contributed by atoms with Crippen molar-refractivity contribution >= 4 is 5.91 Å². The van der Waals surface area contributed by atoms with E-state index in [9.17, 15) is 4.79 Å². The summed E-state index contributed by atoms with van der Waals surface area (Å²) >= 11 is 0. The van der Waals surface area contributed by atoms with E-state index in [-0.39, 0.29) is 11.9 Å². The molecule has 0 aliphatic carbocycles. The summed E-state index contributed by atoms with van der Waals surface area (Å²) in [4.78, 5) is 14.9. The van der Waals surface area contributed by atoms with Gasteiger partial charge in [-0.1, -0.05) is 19.1 Å². The molecule has 21 heavy (non-hydrogen) atoms. The fourth-order valence-electron chi connectivity index (χ4n) is 2.91. The van der Waals surface area contributed by atoms with Gasteiger partial charge in [-0.15, -0.1) is 0 Å². The van der Waals surface area contributed by atoms with E-state index in [1.165, 1.54) is 5.56 Å². The highest BCUT2D eigenvalue weighted by Gasteiger charge is 2.39. The smallest absolute Gasteiger partial charge is 0.230 e. The number of likely N-dealkylation sites (tertiary alicyclic amines) is 1. The Hall–Kier alpha value is -1.55. The molecular formula is C17H26N2O2. The van der Waals surface area contributed by atoms with Gasteiger partial charge in [0, 0.05) is 13.1 Å². The predicted octanol–water partition coefficient (Wildman–Crippen LogP) is 2.73. The van der Waals surface area contributed by atoms with Crippen LogP contribution >= 0.6 is 0 Å². The normalized spacial score (nSPS) is 21.1. The molecule has 1 aromatic rings. The molecule has 1 heterocycles. The fourth-order valence-corrected chi connectivity index (χ4v) is 2.91. The van der Waals surface area contributed by atoms with Crippen molar-refractivity contribution in [2.24, 2.45) is 11.1 Å². The van der Waals surface area contributed by atoms with E-state index in [1.54, 1.807) is 7.11 Å². The molecule has 0 bridgehead atoms. The Bertz CT molecular complexity index is 480. The molecule has 2 rings (SSSR count). The number of carbonyl (C=O) groups is 1. The van der Waals surface area contributed by atoms with Gasteiger partial charge in [0.05, 0.1) is 18.6 Å². The molecule has 116 valence electrons. The SMILES string of the molecule is CCC(C)(CN)C(=O)N1CCCC1c1ccc(OC)cc1. The molecule has 0 saturated carbocycles. The second-order valence-corrected chi connectivity index (χ2v) is 6.05. The maximum Gasteiger partial charge on any atom is 0.230 e. The topological polar surface area (TPSA) is 55.6 Å². The maximum absolute atomic E-state index is 12.9. The van der Waals surface area contributed by atoms with Gasteiger partial charge in [-0.2, -0.15) is 0 Å². The average Bonchev–Trinajstić information content (AvgIpc) is 3.02. The van der Waals surface area contributed by atoms with Crippen molar-refractivity contribution in [1.29, 1.82) is 0 Å². The molecule has 1 amide bonds. The van der Waals surface area contributed by atoms with Crippen LogP contribution in [0.1, 0.15) is 44.7 Å². The lowest BCUT2D eigenvalue weighted by molar-refractivity contribution is -0.142. The fraction of sp³-hybridized carbons (Fsp3) is 0.588. The highest BCUT2D eigenvalue weighted by Crippen LogP contribution is 2.36. The molecule has 1 aliphatic heterocycles. The van der Waals surface area contributed by atoms with Crippen LogP contribution in [-0.4, -0.2) is 31.0 Å². The summed E-state index contributed by atoms with van der Waals surface area (Å²) in [7, 11) is 1.66. The van der Waals surface area contributed by atoms with Crippen LogP contribution in [0.4, 0.5) is 0 Å². The van der Waals surface area contributed by atoms with E-state index in [1.807, 2.05) is 30.9 Å². The third-order valence-electron chi connectivity index (χ3n) is 4.76. The van der Waals surface area contributed by atoms with Crippen LogP contribution in [0.3, 0.4) is 0 Å². The Morgan fingerprint density at radius 3 is 2.62 bits per heavy atom. The summed E-state index contributed by atoms with van der Waals surface area (Å²) in [5.41, 5.74) is 6.57. The first-order valence-corrected chi connectivity index (χ1v) is 7.71. The van der Waals surface area contributed by atoms with Crippen molar-refractivity contribution in [2.75, 3.05) is 20.2 Å². The lowest BCUT2D eigenvalue weighted by atomic mass is 9.85. The number of nitrogens with zero attached hydrogens (tertiary/aromatic N) is 1. The summed E-state index contributed by atoms with van der Waals surface area (Å²) in [6.07, 6.45) is 2.84. The summed E-state index contributed by atoms with van der Waals surface area (Å²) in [5, 5.41) is 0. The Labute approximate surface area is 127 Å². The molecule has 2 unspecified atom stereocenters. The molecular weight excluding hydrogens is 264 g/mol. The molecule has 1 saturated heterocycles. The number of hydrogen-bond acceptors (Lipinski definition) is 3. The molecule has 1 aliphatic rings. The Kier molecular flexibility index (Phi) is 4.88. The van der Waals surface area contributed by atoms with Crippen LogP contribution < -0.4 is 10.5 Å². The first-order chi connectivity index (χ1) is 10.1. The number of nitrogens with two attached hydrogens (primary N) is 1. The summed E-state index contributed by atoms with van der Waals surface area (Å²) in [5.74, 6) is 1.03. The monoisotopic (exact) mass is 290 g/mol. The van der Waals surface area contributed by atoms with Crippen molar-refractivity contribution < 1.29 is 9.53 Å². The van der Waals surface area contributed by atoms with Crippen molar-refractivity contribution in [2.45, 2.75) is 39.2 Å². The third kappa shape index (κ3) is 3.05. The van der Waals surface area contributed by atoms with Gasteiger partial charge >= 0.3 is 0 Å². The van der Waals surface area contributed by atoms with Gasteiger partial charge in [0.25, 0.3) is 0 Å². The van der Waals surface area contributed by atoms with Crippen molar-refractivity contribution in [3.05, 3.63) is 29.8 Å². The summed E-state index contributed by atoms with van der Waals surface area (Å²) in [6, 6.07) is 8.19. The number of benzene rings is 1. The second kappa shape index (κ2) is 6.48. The molecule has 0 aromatic heterocycles. The van der Waals surface area contributed by atoms with Crippen LogP contribution in [0.15, 0.2) is 24.3 Å². The first-order valence-electron chi connectivity index (χ1n) is 7.71. The van der Waals surface area contributed by atoms with Gasteiger partial charge in [0.1, 0.15) is 5.75 Å². The van der Waals surface area contributed by atoms with Crippen LogP contribution in [0, 0.1) is 5.41 Å². The van der Waals surface area contributed by atoms with E-state index >= 15 is 0 Å². The number of amides is 1. The Morgan fingerprint density at radius 2 is 2.10 bits per heavy atom. The van der Waals surface area contributed by atoms with E-state index in [0.717, 1.165) is 31.6 Å². The quantitative estimate of drug-likeness (QED) is 0.907. The van der Waals surface area contributed by atoms with E-state index in [0.29, 0.717) is 6.54 Å². The molecule has 0 spiro atoms. The highest BCUT2D eigenvalue weighted by atomic mass is 16.5. The zero-order chi connectivity index (χ0) is 15.5. The average molecular weight is 290 g/mol. The van der Waals surface area contributed by atoms with Gasteiger partial charge in [-0.05, 0) is 43.9 Å². The largest absolute Gasteiger partial charge is 0.497 e. The van der Waals surface area contributed by atoms with Crippen LogP contribution in [0.25, 0.3) is 0 Å². The van der Waals surface area contributed by atoms with Gasteiger partial charge < -0.3 is 15.4 Å². The lowest BCUT2D eigenvalue weighted by Gasteiger charge is -2.34. The molecule has 1 fully saturated rings. The predicted molar refractivity (Wildman–Crippen MR) is 84.1 cm³/mol. The zero-order valence-corrected chi connectivity index (χ0v) is 13.3. The van der Waals surface area contributed by atoms with Crippen LogP contribution in [0.2, 0.25) is 0 Å². The molecule has 0 radical (unpaired) electrons. The van der Waals surface area contributed by atoms with Gasteiger partial charge in [-0.25, -0.2) is 0 Å². The number of ether oxygens (including phenoxy) is 1. The van der Waals surface area contributed by atoms with Crippen molar-refractivity contribution in [3.63, 3.8) is 0 Å². The van der Waals surface area contributed by atoms with E-state index in [4.69, 9.17) is 10.5 Å². The molecule has 2 N–H and O–H groups in total. The lowest BCUT2D eigenvalue weighted by Crippen LogP contribution is -2.45. The Balaban J connectivity index is 2.21. The molecule has 4 heteroatoms. The van der Waals surface area contributed by atoms with E-state index in [2.05, 4.69) is 12.1 Å². The summed E-state index contributed by atoms with van der Waals surface area (Å²) in [6.45, 7) is 5.22. The highest BCUT2D eigenvalue weighted by molar-refractivity contribution is 5.83. The second-order valence-electron chi connectivity index (χ2n) is 6.05. The number of hydrogen-bond donors (Lipinski definition) is 1. The maximum atomic E-state index is 12.9. The minimum atomic E-state index is -0.449. The van der Waals surface area contributed by atoms with Crippen molar-refractivity contribution in [1.82, 2.24) is 4.90 Å². The Morgan fingerprint density at radius 1 is 1.43 bits per heavy atom. The number of methoxy groups -OCH3 is 1. The van der Waals surface area contributed by atoms with Gasteiger partial charge in [-0.3, -0.25) is 4.79 Å². The molecule has 4 nitrogen and oxygen atoms in total. The zero-order valence-electron chi connectivity index (χ0n) is 13.3. The minimum absolute atomic E-state index is 0.167. The van der Waals surface area contributed by atoms with Crippen LogP contribution in [0.5, 0.6) is 5.75 Å². The first kappa shape index (κ1) is 15.8. The summed E-state index contributed by atoms with van der Waals surface area (Å²) < 4.78 is 5.20. The van der Waals surface area contributed by atoms with Gasteiger partial charge in [0.2, 0.25) is 5.91 Å². The molecule has 2 atom stereocenters. The van der Waals surface area contributed by atoms with Gasteiger partial charge in [0.15, 0.2) is 0 Å². The molecule has 1 aromatic carbocycles. The minimum Gasteiger partial charge on any atom is -0.497 e. The van der Waals surface area contributed by atoms with Crippen molar-refractivity contribution in [3.8, 4) is 5.75 Å². The third-order valence-corrected chi connectivity index (χ3v) is 4.76. The van der Waals surface area contributed by atoms with E-state index < -0.39 is 5.41 Å².